The molecule has 0 saturated heterocycles. The third kappa shape index (κ3) is 1.96. The minimum absolute atomic E-state index is 0.506. The molecule has 1 aromatic heterocycles. The Morgan fingerprint density at radius 3 is 3.00 bits per heavy atom. The minimum atomic E-state index is 0.506. The van der Waals surface area contributed by atoms with E-state index in [0.717, 1.165) is 21.8 Å². The zero-order chi connectivity index (χ0) is 11.8. The molecule has 2 atom stereocenters. The molecule has 1 aliphatic rings. The molecule has 1 aromatic carbocycles. The highest BCUT2D eigenvalue weighted by molar-refractivity contribution is 6.31. The molecule has 1 saturated carbocycles. The highest BCUT2D eigenvalue weighted by atomic mass is 35.5. The van der Waals surface area contributed by atoms with Gasteiger partial charge in [-0.05, 0) is 44.2 Å². The zero-order valence-corrected chi connectivity index (χ0v) is 10.6. The number of furan rings is 1. The summed E-state index contributed by atoms with van der Waals surface area (Å²) in [5, 5.41) is 5.25. The van der Waals surface area contributed by atoms with Gasteiger partial charge in [0, 0.05) is 22.4 Å². The molecule has 0 aliphatic heterocycles. The lowest BCUT2D eigenvalue weighted by atomic mass is 10.0. The van der Waals surface area contributed by atoms with E-state index >= 15 is 0 Å². The third-order valence-corrected chi connectivity index (χ3v) is 3.98. The molecule has 17 heavy (non-hydrogen) atoms. The van der Waals surface area contributed by atoms with Crippen molar-refractivity contribution in [3.8, 4) is 0 Å². The Bertz CT molecular complexity index is 534. The van der Waals surface area contributed by atoms with E-state index in [1.54, 1.807) is 0 Å². The molecular weight excluding hydrogens is 234 g/mol. The van der Waals surface area contributed by atoms with Crippen LogP contribution in [-0.2, 0) is 0 Å². The van der Waals surface area contributed by atoms with Gasteiger partial charge < -0.3 is 9.73 Å². The molecule has 90 valence electrons. The van der Waals surface area contributed by atoms with E-state index < -0.39 is 0 Å². The Labute approximate surface area is 106 Å². The Morgan fingerprint density at radius 1 is 1.29 bits per heavy atom. The number of benzene rings is 1. The van der Waals surface area contributed by atoms with E-state index in [0.29, 0.717) is 12.0 Å². The van der Waals surface area contributed by atoms with Gasteiger partial charge in [-0.1, -0.05) is 18.0 Å². The van der Waals surface area contributed by atoms with Gasteiger partial charge in [-0.25, -0.2) is 0 Å². The van der Waals surface area contributed by atoms with E-state index in [2.05, 4.69) is 11.4 Å². The van der Waals surface area contributed by atoms with E-state index in [1.807, 2.05) is 25.2 Å². The monoisotopic (exact) mass is 249 g/mol. The predicted molar refractivity (Wildman–Crippen MR) is 70.7 cm³/mol. The summed E-state index contributed by atoms with van der Waals surface area (Å²) in [7, 11) is 2.03. The third-order valence-electron chi connectivity index (χ3n) is 3.75. The second kappa shape index (κ2) is 4.35. The molecule has 0 radical (unpaired) electrons. The highest BCUT2D eigenvalue weighted by Gasteiger charge is 2.29. The largest absolute Gasteiger partial charge is 0.461 e. The average Bonchev–Trinajstić information content (AvgIpc) is 2.93. The van der Waals surface area contributed by atoms with Crippen molar-refractivity contribution in [2.75, 3.05) is 7.05 Å². The Morgan fingerprint density at radius 2 is 2.18 bits per heavy atom. The smallest absolute Gasteiger partial charge is 0.134 e. The maximum atomic E-state index is 5.99. The van der Waals surface area contributed by atoms with E-state index in [1.165, 1.54) is 19.3 Å². The van der Waals surface area contributed by atoms with Gasteiger partial charge in [0.05, 0.1) is 0 Å². The summed E-state index contributed by atoms with van der Waals surface area (Å²) in [4.78, 5) is 0. The first-order chi connectivity index (χ1) is 8.28. The normalized spacial score (nSPS) is 24.6. The Hall–Kier alpha value is -0.990. The molecule has 0 amide bonds. The SMILES string of the molecule is CNC1CCCC1c1cc2cc(Cl)ccc2o1. The Kier molecular flexibility index (Phi) is 2.85. The maximum absolute atomic E-state index is 5.99. The van der Waals surface area contributed by atoms with Crippen molar-refractivity contribution in [3.05, 3.63) is 35.0 Å². The van der Waals surface area contributed by atoms with E-state index in [-0.39, 0.29) is 0 Å². The van der Waals surface area contributed by atoms with Crippen LogP contribution in [-0.4, -0.2) is 13.1 Å². The van der Waals surface area contributed by atoms with Crippen molar-refractivity contribution in [1.82, 2.24) is 5.32 Å². The van der Waals surface area contributed by atoms with Gasteiger partial charge >= 0.3 is 0 Å². The Balaban J connectivity index is 2.00. The van der Waals surface area contributed by atoms with Crippen LogP contribution < -0.4 is 5.32 Å². The number of hydrogen-bond acceptors (Lipinski definition) is 2. The summed E-state index contributed by atoms with van der Waals surface area (Å²) in [5.41, 5.74) is 0.936. The molecule has 0 spiro atoms. The maximum Gasteiger partial charge on any atom is 0.134 e. The lowest BCUT2D eigenvalue weighted by molar-refractivity contribution is 0.435. The molecule has 2 nitrogen and oxygen atoms in total. The number of fused-ring (bicyclic) bond motifs is 1. The van der Waals surface area contributed by atoms with Gasteiger partial charge in [0.15, 0.2) is 0 Å². The molecule has 3 heteroatoms. The van der Waals surface area contributed by atoms with E-state index in [4.69, 9.17) is 16.0 Å². The van der Waals surface area contributed by atoms with Crippen LogP contribution >= 0.6 is 11.6 Å². The van der Waals surface area contributed by atoms with Gasteiger partial charge in [-0.15, -0.1) is 0 Å². The zero-order valence-electron chi connectivity index (χ0n) is 9.87. The number of nitrogens with one attached hydrogen (secondary N) is 1. The van der Waals surface area contributed by atoms with Crippen LogP contribution in [0.15, 0.2) is 28.7 Å². The van der Waals surface area contributed by atoms with Crippen molar-refractivity contribution in [1.29, 1.82) is 0 Å². The molecule has 2 aromatic rings. The van der Waals surface area contributed by atoms with Crippen molar-refractivity contribution in [2.24, 2.45) is 0 Å². The van der Waals surface area contributed by atoms with Gasteiger partial charge in [0.1, 0.15) is 11.3 Å². The van der Waals surface area contributed by atoms with Crippen LogP contribution in [0.4, 0.5) is 0 Å². The summed E-state index contributed by atoms with van der Waals surface area (Å²) in [6.45, 7) is 0. The van der Waals surface area contributed by atoms with Crippen molar-refractivity contribution < 1.29 is 4.42 Å². The van der Waals surface area contributed by atoms with Gasteiger partial charge in [-0.2, -0.15) is 0 Å². The standard InChI is InChI=1S/C14H16ClNO/c1-16-12-4-2-3-11(12)14-8-9-7-10(15)5-6-13(9)17-14/h5-8,11-12,16H,2-4H2,1H3. The van der Waals surface area contributed by atoms with Gasteiger partial charge in [0.25, 0.3) is 0 Å². The molecule has 3 rings (SSSR count). The summed E-state index contributed by atoms with van der Waals surface area (Å²) in [6.07, 6.45) is 3.71. The van der Waals surface area contributed by atoms with Gasteiger partial charge in [-0.3, -0.25) is 0 Å². The van der Waals surface area contributed by atoms with Crippen molar-refractivity contribution >= 4 is 22.6 Å². The fourth-order valence-electron chi connectivity index (χ4n) is 2.86. The fraction of sp³-hybridized carbons (Fsp3) is 0.429. The summed E-state index contributed by atoms with van der Waals surface area (Å²) < 4.78 is 5.94. The van der Waals surface area contributed by atoms with Gasteiger partial charge in [0.2, 0.25) is 0 Å². The second-order valence-electron chi connectivity index (χ2n) is 4.76. The summed E-state index contributed by atoms with van der Waals surface area (Å²) in [5.74, 6) is 1.60. The number of likely N-dealkylation sites (N-methyl/N-ethyl adjacent to an activating group) is 1. The molecule has 2 unspecified atom stereocenters. The van der Waals surface area contributed by atoms with Crippen LogP contribution in [0.2, 0.25) is 5.02 Å². The fourth-order valence-corrected chi connectivity index (χ4v) is 3.04. The number of hydrogen-bond donors (Lipinski definition) is 1. The topological polar surface area (TPSA) is 25.2 Å². The predicted octanol–water partition coefficient (Wildman–Crippen LogP) is 3.94. The van der Waals surface area contributed by atoms with Crippen molar-refractivity contribution in [3.63, 3.8) is 0 Å². The number of halogens is 1. The first kappa shape index (κ1) is 11.1. The first-order valence-corrected chi connectivity index (χ1v) is 6.52. The minimum Gasteiger partial charge on any atom is -0.461 e. The quantitative estimate of drug-likeness (QED) is 0.872. The average molecular weight is 250 g/mol. The summed E-state index contributed by atoms with van der Waals surface area (Å²) >= 11 is 5.99. The summed E-state index contributed by atoms with van der Waals surface area (Å²) in [6, 6.07) is 8.48. The lowest BCUT2D eigenvalue weighted by Gasteiger charge is -2.16. The van der Waals surface area contributed by atoms with Crippen molar-refractivity contribution in [2.45, 2.75) is 31.2 Å². The first-order valence-electron chi connectivity index (χ1n) is 6.14. The van der Waals surface area contributed by atoms with E-state index in [9.17, 15) is 0 Å². The molecule has 1 heterocycles. The van der Waals surface area contributed by atoms with Crippen LogP contribution in [0.5, 0.6) is 0 Å². The highest BCUT2D eigenvalue weighted by Crippen LogP contribution is 2.37. The molecule has 1 fully saturated rings. The second-order valence-corrected chi connectivity index (χ2v) is 5.20. The lowest BCUT2D eigenvalue weighted by Crippen LogP contribution is -2.27. The molecule has 0 bridgehead atoms. The van der Waals surface area contributed by atoms with Crippen LogP contribution in [0.1, 0.15) is 30.9 Å². The van der Waals surface area contributed by atoms with Crippen LogP contribution in [0.3, 0.4) is 0 Å². The molecule has 1 N–H and O–H groups in total. The molecular formula is C14H16ClNO. The number of rotatable bonds is 2. The van der Waals surface area contributed by atoms with Crippen LogP contribution in [0.25, 0.3) is 11.0 Å². The van der Waals surface area contributed by atoms with Crippen LogP contribution in [0, 0.1) is 0 Å². The molecule has 1 aliphatic carbocycles.